The van der Waals surface area contributed by atoms with Gasteiger partial charge < -0.3 is 9.84 Å². The second kappa shape index (κ2) is 6.18. The third-order valence-electron chi connectivity index (χ3n) is 4.32. The van der Waals surface area contributed by atoms with E-state index in [0.717, 1.165) is 31.9 Å². The van der Waals surface area contributed by atoms with E-state index in [2.05, 4.69) is 60.5 Å². The average Bonchev–Trinajstić information content (AvgIpc) is 2.99. The van der Waals surface area contributed by atoms with Gasteiger partial charge in [0.25, 0.3) is 0 Å². The SMILES string of the molecule is CN1CCNCC1c1noc(C(C)(C)Cc2ccccc2)n1. The highest BCUT2D eigenvalue weighted by Gasteiger charge is 2.31. The van der Waals surface area contributed by atoms with Gasteiger partial charge in [0.1, 0.15) is 0 Å². The number of rotatable bonds is 4. The molecule has 0 saturated carbocycles. The first-order valence-electron chi connectivity index (χ1n) is 7.85. The molecule has 5 nitrogen and oxygen atoms in total. The van der Waals surface area contributed by atoms with Gasteiger partial charge in [0, 0.05) is 25.0 Å². The molecule has 0 aliphatic carbocycles. The summed E-state index contributed by atoms with van der Waals surface area (Å²) >= 11 is 0. The van der Waals surface area contributed by atoms with Crippen molar-refractivity contribution in [2.45, 2.75) is 31.7 Å². The van der Waals surface area contributed by atoms with Crippen molar-refractivity contribution in [1.82, 2.24) is 20.4 Å². The predicted octanol–water partition coefficient (Wildman–Crippen LogP) is 2.17. The fourth-order valence-corrected chi connectivity index (χ4v) is 2.92. The van der Waals surface area contributed by atoms with E-state index in [0.29, 0.717) is 5.89 Å². The van der Waals surface area contributed by atoms with E-state index in [1.165, 1.54) is 5.56 Å². The monoisotopic (exact) mass is 300 g/mol. The van der Waals surface area contributed by atoms with Crippen molar-refractivity contribution in [3.63, 3.8) is 0 Å². The molecule has 1 saturated heterocycles. The van der Waals surface area contributed by atoms with Crippen LogP contribution in [0.2, 0.25) is 0 Å². The average molecular weight is 300 g/mol. The zero-order chi connectivity index (χ0) is 15.6. The molecule has 1 atom stereocenters. The summed E-state index contributed by atoms with van der Waals surface area (Å²) < 4.78 is 5.59. The summed E-state index contributed by atoms with van der Waals surface area (Å²) in [5, 5.41) is 7.62. The van der Waals surface area contributed by atoms with Crippen LogP contribution in [0.25, 0.3) is 0 Å². The molecule has 2 heterocycles. The van der Waals surface area contributed by atoms with Crippen LogP contribution in [0, 0.1) is 0 Å². The second-order valence-corrected chi connectivity index (χ2v) is 6.70. The lowest BCUT2D eigenvalue weighted by Crippen LogP contribution is -2.44. The fraction of sp³-hybridized carbons (Fsp3) is 0.529. The lowest BCUT2D eigenvalue weighted by atomic mass is 9.85. The third kappa shape index (κ3) is 3.20. The molecule has 1 unspecified atom stereocenters. The fourth-order valence-electron chi connectivity index (χ4n) is 2.92. The van der Waals surface area contributed by atoms with Crippen molar-refractivity contribution in [2.24, 2.45) is 0 Å². The first kappa shape index (κ1) is 15.2. The van der Waals surface area contributed by atoms with Crippen molar-refractivity contribution in [3.05, 3.63) is 47.6 Å². The van der Waals surface area contributed by atoms with Crippen LogP contribution in [-0.2, 0) is 11.8 Å². The summed E-state index contributed by atoms with van der Waals surface area (Å²) in [6.07, 6.45) is 0.883. The van der Waals surface area contributed by atoms with Crippen LogP contribution < -0.4 is 5.32 Å². The summed E-state index contributed by atoms with van der Waals surface area (Å²) in [5.41, 5.74) is 1.11. The quantitative estimate of drug-likeness (QED) is 0.938. The minimum Gasteiger partial charge on any atom is -0.339 e. The minimum absolute atomic E-state index is 0.173. The summed E-state index contributed by atoms with van der Waals surface area (Å²) in [6, 6.07) is 10.6. The summed E-state index contributed by atoms with van der Waals surface area (Å²) in [6.45, 7) is 7.19. The summed E-state index contributed by atoms with van der Waals surface area (Å²) in [7, 11) is 2.11. The van der Waals surface area contributed by atoms with E-state index in [1.807, 2.05) is 6.07 Å². The van der Waals surface area contributed by atoms with Gasteiger partial charge in [-0.1, -0.05) is 49.3 Å². The van der Waals surface area contributed by atoms with E-state index < -0.39 is 0 Å². The largest absolute Gasteiger partial charge is 0.339 e. The Bertz CT molecular complexity index is 608. The van der Waals surface area contributed by atoms with E-state index in [4.69, 9.17) is 9.51 Å². The smallest absolute Gasteiger partial charge is 0.232 e. The number of piperazine rings is 1. The first-order valence-corrected chi connectivity index (χ1v) is 7.85. The Morgan fingerprint density at radius 2 is 2.09 bits per heavy atom. The zero-order valence-electron chi connectivity index (χ0n) is 13.5. The Kier molecular flexibility index (Phi) is 4.27. The maximum absolute atomic E-state index is 5.59. The molecule has 0 amide bonds. The molecule has 3 rings (SSSR count). The zero-order valence-corrected chi connectivity index (χ0v) is 13.5. The van der Waals surface area contributed by atoms with Gasteiger partial charge in [-0.3, -0.25) is 4.90 Å². The Morgan fingerprint density at radius 1 is 1.32 bits per heavy atom. The number of benzene rings is 1. The third-order valence-corrected chi connectivity index (χ3v) is 4.32. The number of hydrogen-bond donors (Lipinski definition) is 1. The maximum Gasteiger partial charge on any atom is 0.232 e. The lowest BCUT2D eigenvalue weighted by molar-refractivity contribution is 0.190. The van der Waals surface area contributed by atoms with Crippen LogP contribution in [0.3, 0.4) is 0 Å². The predicted molar refractivity (Wildman–Crippen MR) is 85.7 cm³/mol. The Morgan fingerprint density at radius 3 is 2.82 bits per heavy atom. The second-order valence-electron chi connectivity index (χ2n) is 6.70. The molecule has 0 bridgehead atoms. The van der Waals surface area contributed by atoms with Crippen LogP contribution in [-0.4, -0.2) is 41.7 Å². The van der Waals surface area contributed by atoms with E-state index in [9.17, 15) is 0 Å². The van der Waals surface area contributed by atoms with Crippen LogP contribution in [0.15, 0.2) is 34.9 Å². The standard InChI is InChI=1S/C17H24N4O/c1-17(2,11-13-7-5-4-6-8-13)16-19-15(20-22-16)14-12-18-9-10-21(14)3/h4-8,14,18H,9-12H2,1-3H3. The Balaban J connectivity index is 1.77. The van der Waals surface area contributed by atoms with Crippen molar-refractivity contribution < 1.29 is 4.52 Å². The molecule has 1 fully saturated rings. The van der Waals surface area contributed by atoms with Gasteiger partial charge >= 0.3 is 0 Å². The molecule has 22 heavy (non-hydrogen) atoms. The van der Waals surface area contributed by atoms with Crippen LogP contribution in [0.4, 0.5) is 0 Å². The maximum atomic E-state index is 5.59. The van der Waals surface area contributed by atoms with Crippen molar-refractivity contribution >= 4 is 0 Å². The molecule has 1 aromatic heterocycles. The highest BCUT2D eigenvalue weighted by atomic mass is 16.5. The van der Waals surface area contributed by atoms with Gasteiger partial charge in [-0.25, -0.2) is 0 Å². The Labute approximate surface area is 131 Å². The molecular weight excluding hydrogens is 276 g/mol. The van der Waals surface area contributed by atoms with Crippen molar-refractivity contribution in [1.29, 1.82) is 0 Å². The molecule has 2 aromatic rings. The van der Waals surface area contributed by atoms with Crippen LogP contribution in [0.1, 0.15) is 37.2 Å². The molecule has 1 aliphatic rings. The van der Waals surface area contributed by atoms with Crippen molar-refractivity contribution in [2.75, 3.05) is 26.7 Å². The summed E-state index contributed by atoms with van der Waals surface area (Å²) in [5.74, 6) is 1.50. The number of aromatic nitrogens is 2. The molecule has 118 valence electrons. The van der Waals surface area contributed by atoms with Crippen LogP contribution >= 0.6 is 0 Å². The number of hydrogen-bond acceptors (Lipinski definition) is 5. The molecule has 0 spiro atoms. The lowest BCUT2D eigenvalue weighted by Gasteiger charge is -2.30. The molecular formula is C17H24N4O. The van der Waals surface area contributed by atoms with Gasteiger partial charge in [-0.05, 0) is 19.0 Å². The Hall–Kier alpha value is -1.72. The van der Waals surface area contributed by atoms with Gasteiger partial charge in [-0.2, -0.15) is 4.98 Å². The highest BCUT2D eigenvalue weighted by molar-refractivity contribution is 5.19. The molecule has 1 N–H and O–H groups in total. The van der Waals surface area contributed by atoms with E-state index >= 15 is 0 Å². The van der Waals surface area contributed by atoms with Gasteiger partial charge in [0.05, 0.1) is 6.04 Å². The molecule has 1 aliphatic heterocycles. The minimum atomic E-state index is -0.173. The van der Waals surface area contributed by atoms with Crippen molar-refractivity contribution in [3.8, 4) is 0 Å². The van der Waals surface area contributed by atoms with Gasteiger partial charge in [0.15, 0.2) is 5.82 Å². The van der Waals surface area contributed by atoms with E-state index in [1.54, 1.807) is 0 Å². The highest BCUT2D eigenvalue weighted by Crippen LogP contribution is 2.28. The number of nitrogens with one attached hydrogen (secondary N) is 1. The van der Waals surface area contributed by atoms with Gasteiger partial charge in [-0.15, -0.1) is 0 Å². The van der Waals surface area contributed by atoms with Gasteiger partial charge in [0.2, 0.25) is 5.89 Å². The first-order chi connectivity index (χ1) is 10.6. The number of likely N-dealkylation sites (N-methyl/N-ethyl adjacent to an activating group) is 1. The van der Waals surface area contributed by atoms with E-state index in [-0.39, 0.29) is 11.5 Å². The normalized spacial score (nSPS) is 20.2. The van der Waals surface area contributed by atoms with Crippen LogP contribution in [0.5, 0.6) is 0 Å². The topological polar surface area (TPSA) is 54.2 Å². The number of nitrogens with zero attached hydrogens (tertiary/aromatic N) is 3. The molecule has 0 radical (unpaired) electrons. The molecule has 5 heteroatoms. The summed E-state index contributed by atoms with van der Waals surface area (Å²) in [4.78, 5) is 6.97. The molecule has 1 aromatic carbocycles.